The number of hydrogen-bond acceptors (Lipinski definition) is 3. The second kappa shape index (κ2) is 4.40. The van der Waals surface area contributed by atoms with Gasteiger partial charge in [0.2, 0.25) is 0 Å². The SMILES string of the molecule is CSc1cccc(CC2(O)CC2)c1SC. The van der Waals surface area contributed by atoms with Gasteiger partial charge in [0, 0.05) is 16.2 Å². The van der Waals surface area contributed by atoms with Crippen LogP contribution < -0.4 is 0 Å². The smallest absolute Gasteiger partial charge is 0.0690 e. The van der Waals surface area contributed by atoms with Crippen molar-refractivity contribution >= 4 is 23.5 Å². The Hall–Kier alpha value is -0.120. The van der Waals surface area contributed by atoms with Gasteiger partial charge in [-0.15, -0.1) is 23.5 Å². The molecule has 0 bridgehead atoms. The van der Waals surface area contributed by atoms with Crippen molar-refractivity contribution in [1.82, 2.24) is 0 Å². The lowest BCUT2D eigenvalue weighted by Crippen LogP contribution is -2.11. The second-order valence-corrected chi connectivity index (χ2v) is 5.72. The van der Waals surface area contributed by atoms with Crippen LogP contribution in [0.1, 0.15) is 18.4 Å². The Morgan fingerprint density at radius 2 is 2.00 bits per heavy atom. The zero-order valence-electron chi connectivity index (χ0n) is 9.12. The predicted molar refractivity (Wildman–Crippen MR) is 67.9 cm³/mol. The number of benzene rings is 1. The third-order valence-corrected chi connectivity index (χ3v) is 4.63. The molecule has 1 aromatic carbocycles. The van der Waals surface area contributed by atoms with E-state index in [1.54, 1.807) is 23.5 Å². The van der Waals surface area contributed by atoms with Gasteiger partial charge in [0.15, 0.2) is 0 Å². The summed E-state index contributed by atoms with van der Waals surface area (Å²) in [5.41, 5.74) is 0.913. The highest BCUT2D eigenvalue weighted by atomic mass is 32.2. The molecule has 0 aromatic heterocycles. The average Bonchev–Trinajstić information content (AvgIpc) is 2.95. The van der Waals surface area contributed by atoms with Gasteiger partial charge in [0.25, 0.3) is 0 Å². The molecule has 15 heavy (non-hydrogen) atoms. The first-order valence-corrected chi connectivity index (χ1v) is 7.56. The van der Waals surface area contributed by atoms with Gasteiger partial charge in [-0.1, -0.05) is 12.1 Å². The quantitative estimate of drug-likeness (QED) is 0.816. The predicted octanol–water partition coefficient (Wildman–Crippen LogP) is 3.20. The van der Waals surface area contributed by atoms with E-state index in [0.717, 1.165) is 19.3 Å². The molecule has 1 fully saturated rings. The molecule has 82 valence electrons. The summed E-state index contributed by atoms with van der Waals surface area (Å²) in [7, 11) is 0. The first-order chi connectivity index (χ1) is 7.18. The molecule has 1 saturated carbocycles. The van der Waals surface area contributed by atoms with Crippen molar-refractivity contribution in [1.29, 1.82) is 0 Å². The Balaban J connectivity index is 2.28. The van der Waals surface area contributed by atoms with E-state index >= 15 is 0 Å². The molecule has 0 radical (unpaired) electrons. The number of aliphatic hydroxyl groups is 1. The van der Waals surface area contributed by atoms with Crippen molar-refractivity contribution < 1.29 is 5.11 Å². The first-order valence-electron chi connectivity index (χ1n) is 5.11. The van der Waals surface area contributed by atoms with Gasteiger partial charge in [0.05, 0.1) is 5.60 Å². The van der Waals surface area contributed by atoms with E-state index in [4.69, 9.17) is 0 Å². The summed E-state index contributed by atoms with van der Waals surface area (Å²) in [4.78, 5) is 2.66. The second-order valence-electron chi connectivity index (χ2n) is 4.05. The highest BCUT2D eigenvalue weighted by molar-refractivity contribution is 8.01. The van der Waals surface area contributed by atoms with Gasteiger partial charge < -0.3 is 5.11 Å². The average molecular weight is 240 g/mol. The van der Waals surface area contributed by atoms with Crippen LogP contribution in [-0.2, 0) is 6.42 Å². The fraction of sp³-hybridized carbons (Fsp3) is 0.500. The molecule has 0 spiro atoms. The lowest BCUT2D eigenvalue weighted by Gasteiger charge is -2.14. The summed E-state index contributed by atoms with van der Waals surface area (Å²) in [6, 6.07) is 6.38. The van der Waals surface area contributed by atoms with Gasteiger partial charge in [0.1, 0.15) is 0 Å². The van der Waals surface area contributed by atoms with Crippen LogP contribution in [0, 0.1) is 0 Å². The number of thioether (sulfide) groups is 2. The van der Waals surface area contributed by atoms with E-state index in [1.807, 2.05) is 0 Å². The Morgan fingerprint density at radius 3 is 2.53 bits per heavy atom. The molecule has 0 aliphatic heterocycles. The van der Waals surface area contributed by atoms with Gasteiger partial charge in [-0.25, -0.2) is 0 Å². The van der Waals surface area contributed by atoms with Gasteiger partial charge in [-0.2, -0.15) is 0 Å². The number of hydrogen-bond donors (Lipinski definition) is 1. The van der Waals surface area contributed by atoms with Gasteiger partial charge >= 0.3 is 0 Å². The van der Waals surface area contributed by atoms with E-state index < -0.39 is 0 Å². The Morgan fingerprint density at radius 1 is 1.27 bits per heavy atom. The minimum atomic E-state index is -0.387. The summed E-state index contributed by atoms with van der Waals surface area (Å²) in [5.74, 6) is 0. The van der Waals surface area contributed by atoms with Crippen LogP contribution in [-0.4, -0.2) is 23.2 Å². The van der Waals surface area contributed by atoms with Crippen molar-refractivity contribution in [2.75, 3.05) is 12.5 Å². The third-order valence-electron chi connectivity index (χ3n) is 2.83. The summed E-state index contributed by atoms with van der Waals surface area (Å²) in [6.07, 6.45) is 6.95. The van der Waals surface area contributed by atoms with Crippen LogP contribution in [0.25, 0.3) is 0 Å². The Labute approximate surface area is 99.7 Å². The summed E-state index contributed by atoms with van der Waals surface area (Å²) < 4.78 is 0. The van der Waals surface area contributed by atoms with Crippen LogP contribution in [0.3, 0.4) is 0 Å². The van der Waals surface area contributed by atoms with Crippen LogP contribution in [0.15, 0.2) is 28.0 Å². The highest BCUT2D eigenvalue weighted by Crippen LogP contribution is 2.41. The molecule has 2 rings (SSSR count). The normalized spacial score (nSPS) is 17.8. The molecule has 1 aliphatic carbocycles. The fourth-order valence-electron chi connectivity index (χ4n) is 1.77. The molecule has 1 nitrogen and oxygen atoms in total. The highest BCUT2D eigenvalue weighted by Gasteiger charge is 2.40. The van der Waals surface area contributed by atoms with Crippen molar-refractivity contribution in [3.05, 3.63) is 23.8 Å². The van der Waals surface area contributed by atoms with Crippen LogP contribution in [0.4, 0.5) is 0 Å². The molecule has 3 heteroatoms. The van der Waals surface area contributed by atoms with Gasteiger partial charge in [-0.05, 0) is 37.0 Å². The maximum absolute atomic E-state index is 9.95. The Bertz CT molecular complexity index is 359. The van der Waals surface area contributed by atoms with Crippen LogP contribution in [0.5, 0.6) is 0 Å². The van der Waals surface area contributed by atoms with E-state index in [-0.39, 0.29) is 5.60 Å². The molecular weight excluding hydrogens is 224 g/mol. The topological polar surface area (TPSA) is 20.2 Å². The summed E-state index contributed by atoms with van der Waals surface area (Å²) in [6.45, 7) is 0. The molecular formula is C12H16OS2. The molecule has 1 aliphatic rings. The maximum atomic E-state index is 9.95. The van der Waals surface area contributed by atoms with Gasteiger partial charge in [-0.3, -0.25) is 0 Å². The fourth-order valence-corrected chi connectivity index (χ4v) is 3.47. The molecule has 1 N–H and O–H groups in total. The Kier molecular flexibility index (Phi) is 3.33. The van der Waals surface area contributed by atoms with Crippen LogP contribution >= 0.6 is 23.5 Å². The lowest BCUT2D eigenvalue weighted by atomic mass is 10.1. The molecule has 1 aromatic rings. The summed E-state index contributed by atoms with van der Waals surface area (Å²) >= 11 is 3.56. The van der Waals surface area contributed by atoms with E-state index in [1.165, 1.54) is 15.4 Å². The number of rotatable bonds is 4. The largest absolute Gasteiger partial charge is 0.390 e. The minimum absolute atomic E-state index is 0.387. The standard InChI is InChI=1S/C12H16OS2/c1-14-10-5-3-4-9(11(10)15-2)8-12(13)6-7-12/h3-5,13H,6-8H2,1-2H3. The van der Waals surface area contributed by atoms with E-state index in [2.05, 4.69) is 30.7 Å². The van der Waals surface area contributed by atoms with Crippen molar-refractivity contribution in [3.8, 4) is 0 Å². The van der Waals surface area contributed by atoms with E-state index in [0.29, 0.717) is 0 Å². The molecule has 0 atom stereocenters. The van der Waals surface area contributed by atoms with Crippen molar-refractivity contribution in [3.63, 3.8) is 0 Å². The van der Waals surface area contributed by atoms with Crippen LogP contribution in [0.2, 0.25) is 0 Å². The molecule has 0 amide bonds. The minimum Gasteiger partial charge on any atom is -0.390 e. The lowest BCUT2D eigenvalue weighted by molar-refractivity contribution is 0.150. The molecule has 0 unspecified atom stereocenters. The van der Waals surface area contributed by atoms with E-state index in [9.17, 15) is 5.11 Å². The molecule has 0 saturated heterocycles. The zero-order valence-corrected chi connectivity index (χ0v) is 10.8. The first kappa shape index (κ1) is 11.4. The van der Waals surface area contributed by atoms with Crippen molar-refractivity contribution in [2.45, 2.75) is 34.7 Å². The third kappa shape index (κ3) is 2.52. The monoisotopic (exact) mass is 240 g/mol. The maximum Gasteiger partial charge on any atom is 0.0690 e. The zero-order chi connectivity index (χ0) is 10.9. The molecule has 0 heterocycles. The van der Waals surface area contributed by atoms with Crippen molar-refractivity contribution in [2.24, 2.45) is 0 Å². The summed E-state index contributed by atoms with van der Waals surface area (Å²) in [5, 5.41) is 9.95.